The zero-order valence-electron chi connectivity index (χ0n) is 11.0. The highest BCUT2D eigenvalue weighted by Gasteiger charge is 2.18. The van der Waals surface area contributed by atoms with Crippen molar-refractivity contribution < 1.29 is 9.59 Å². The number of carbonyl (C=O) groups is 2. The van der Waals surface area contributed by atoms with Crippen LogP contribution < -0.4 is 5.73 Å². The minimum Gasteiger partial charge on any atom is -0.363 e. The number of fused-ring (bicyclic) bond motifs is 1. The molecule has 3 aromatic rings. The molecule has 102 valence electrons. The number of para-hydroxylation sites is 1. The smallest absolute Gasteiger partial charge is 0.286 e. The molecule has 21 heavy (non-hydrogen) atoms. The molecule has 1 aromatic heterocycles. The number of benzene rings is 2. The first-order valence-corrected chi connectivity index (χ1v) is 6.33. The summed E-state index contributed by atoms with van der Waals surface area (Å²) in [6.07, 6.45) is 0. The Balaban J connectivity index is 2.25. The van der Waals surface area contributed by atoms with Crippen molar-refractivity contribution in [3.63, 3.8) is 0 Å². The lowest BCUT2D eigenvalue weighted by Crippen LogP contribution is -2.18. The highest BCUT2D eigenvalue weighted by atomic mass is 16.1. The second-order valence-electron chi connectivity index (χ2n) is 4.47. The molecule has 0 radical (unpaired) electrons. The average Bonchev–Trinajstić information content (AvgIpc) is 2.54. The van der Waals surface area contributed by atoms with Gasteiger partial charge in [0.15, 0.2) is 0 Å². The van der Waals surface area contributed by atoms with Gasteiger partial charge in [-0.2, -0.15) is 0 Å². The summed E-state index contributed by atoms with van der Waals surface area (Å²) in [5.74, 6) is -1.19. The van der Waals surface area contributed by atoms with E-state index in [1.807, 2.05) is 6.07 Å². The number of rotatable bonds is 3. The lowest BCUT2D eigenvalue weighted by molar-refractivity contribution is 0.0990. The Morgan fingerprint density at radius 3 is 2.24 bits per heavy atom. The minimum atomic E-state index is -0.761. The second-order valence-corrected chi connectivity index (χ2v) is 4.47. The summed E-state index contributed by atoms with van der Waals surface area (Å²) < 4.78 is 0. The average molecular weight is 277 g/mol. The van der Waals surface area contributed by atoms with Gasteiger partial charge in [0.25, 0.3) is 5.91 Å². The standard InChI is InChI=1S/C16H11N3O2/c17-15(21)16-18-12-9-5-4-8-11(12)13(19-16)14(20)10-6-2-1-3-7-10/h1-9H,(H2,17,21). The zero-order chi connectivity index (χ0) is 14.8. The summed E-state index contributed by atoms with van der Waals surface area (Å²) in [6.45, 7) is 0. The Hall–Kier alpha value is -3.08. The van der Waals surface area contributed by atoms with E-state index in [2.05, 4.69) is 9.97 Å². The van der Waals surface area contributed by atoms with E-state index in [1.54, 1.807) is 48.5 Å². The molecule has 3 rings (SSSR count). The molecule has 0 fully saturated rings. The van der Waals surface area contributed by atoms with Gasteiger partial charge in [-0.1, -0.05) is 48.5 Å². The molecule has 1 heterocycles. The first-order valence-electron chi connectivity index (χ1n) is 6.33. The summed E-state index contributed by atoms with van der Waals surface area (Å²) in [4.78, 5) is 32.0. The summed E-state index contributed by atoms with van der Waals surface area (Å²) in [5.41, 5.74) is 6.43. The van der Waals surface area contributed by atoms with Crippen LogP contribution in [0.2, 0.25) is 0 Å². The van der Waals surface area contributed by atoms with Crippen molar-refractivity contribution >= 4 is 22.6 Å². The molecule has 0 saturated heterocycles. The third kappa shape index (κ3) is 2.36. The van der Waals surface area contributed by atoms with E-state index in [9.17, 15) is 9.59 Å². The van der Waals surface area contributed by atoms with Gasteiger partial charge in [0.2, 0.25) is 11.6 Å². The Bertz CT molecular complexity index is 845. The van der Waals surface area contributed by atoms with E-state index in [-0.39, 0.29) is 17.3 Å². The number of nitrogens with two attached hydrogens (primary N) is 1. The monoisotopic (exact) mass is 277 g/mol. The van der Waals surface area contributed by atoms with E-state index < -0.39 is 5.91 Å². The van der Waals surface area contributed by atoms with Crippen LogP contribution in [0.1, 0.15) is 26.7 Å². The van der Waals surface area contributed by atoms with Gasteiger partial charge >= 0.3 is 0 Å². The van der Waals surface area contributed by atoms with Crippen molar-refractivity contribution in [2.24, 2.45) is 5.73 Å². The SMILES string of the molecule is NC(=O)c1nc(C(=O)c2ccccc2)c2ccccc2n1. The van der Waals surface area contributed by atoms with Crippen LogP contribution in [0.25, 0.3) is 10.9 Å². The van der Waals surface area contributed by atoms with Crippen molar-refractivity contribution in [2.45, 2.75) is 0 Å². The molecule has 5 nitrogen and oxygen atoms in total. The summed E-state index contributed by atoms with van der Waals surface area (Å²) in [5, 5.41) is 0.594. The van der Waals surface area contributed by atoms with E-state index in [4.69, 9.17) is 5.73 Å². The summed E-state index contributed by atoms with van der Waals surface area (Å²) in [7, 11) is 0. The van der Waals surface area contributed by atoms with Gasteiger partial charge in [0, 0.05) is 10.9 Å². The van der Waals surface area contributed by atoms with E-state index >= 15 is 0 Å². The third-order valence-corrected chi connectivity index (χ3v) is 3.07. The molecule has 0 spiro atoms. The number of aromatic nitrogens is 2. The number of hydrogen-bond donors (Lipinski definition) is 1. The molecular formula is C16H11N3O2. The largest absolute Gasteiger partial charge is 0.363 e. The third-order valence-electron chi connectivity index (χ3n) is 3.07. The number of amides is 1. The molecule has 0 saturated carbocycles. The van der Waals surface area contributed by atoms with E-state index in [1.165, 1.54) is 0 Å². The van der Waals surface area contributed by atoms with Gasteiger partial charge in [-0.25, -0.2) is 9.97 Å². The molecular weight excluding hydrogens is 266 g/mol. The van der Waals surface area contributed by atoms with Crippen LogP contribution >= 0.6 is 0 Å². The molecule has 2 N–H and O–H groups in total. The molecule has 1 amide bonds. The maximum atomic E-state index is 12.6. The molecule has 0 aliphatic carbocycles. The lowest BCUT2D eigenvalue weighted by atomic mass is 10.0. The fourth-order valence-corrected chi connectivity index (χ4v) is 2.09. The number of carbonyl (C=O) groups excluding carboxylic acids is 2. The maximum absolute atomic E-state index is 12.6. The van der Waals surface area contributed by atoms with Crippen molar-refractivity contribution in [3.05, 3.63) is 71.7 Å². The van der Waals surface area contributed by atoms with Crippen LogP contribution in [0, 0.1) is 0 Å². The molecule has 0 aliphatic heterocycles. The molecule has 0 aliphatic rings. The number of primary amides is 1. The van der Waals surface area contributed by atoms with Crippen LogP contribution in [-0.2, 0) is 0 Å². The topological polar surface area (TPSA) is 85.9 Å². The normalized spacial score (nSPS) is 10.5. The predicted molar refractivity (Wildman–Crippen MR) is 77.9 cm³/mol. The van der Waals surface area contributed by atoms with E-state index in [0.717, 1.165) is 0 Å². The van der Waals surface area contributed by atoms with Gasteiger partial charge in [-0.15, -0.1) is 0 Å². The summed E-state index contributed by atoms with van der Waals surface area (Å²) >= 11 is 0. The van der Waals surface area contributed by atoms with Gasteiger partial charge in [0.1, 0.15) is 5.69 Å². The van der Waals surface area contributed by atoms with Crippen LogP contribution in [0.3, 0.4) is 0 Å². The van der Waals surface area contributed by atoms with Crippen molar-refractivity contribution in [3.8, 4) is 0 Å². The predicted octanol–water partition coefficient (Wildman–Crippen LogP) is 1.96. The van der Waals surface area contributed by atoms with Crippen molar-refractivity contribution in [1.29, 1.82) is 0 Å². The highest BCUT2D eigenvalue weighted by Crippen LogP contribution is 2.18. The van der Waals surface area contributed by atoms with Crippen LogP contribution in [0.4, 0.5) is 0 Å². The molecule has 0 atom stereocenters. The lowest BCUT2D eigenvalue weighted by Gasteiger charge is -2.06. The Morgan fingerprint density at radius 2 is 1.52 bits per heavy atom. The zero-order valence-corrected chi connectivity index (χ0v) is 11.0. The van der Waals surface area contributed by atoms with Gasteiger partial charge in [-0.05, 0) is 6.07 Å². The second kappa shape index (κ2) is 5.13. The van der Waals surface area contributed by atoms with Crippen LogP contribution in [0.15, 0.2) is 54.6 Å². The summed E-state index contributed by atoms with van der Waals surface area (Å²) in [6, 6.07) is 15.8. The van der Waals surface area contributed by atoms with Gasteiger partial charge < -0.3 is 5.73 Å². The Morgan fingerprint density at radius 1 is 0.857 bits per heavy atom. The Labute approximate surface area is 120 Å². The van der Waals surface area contributed by atoms with Crippen molar-refractivity contribution in [2.75, 3.05) is 0 Å². The highest BCUT2D eigenvalue weighted by molar-refractivity contribution is 6.15. The van der Waals surface area contributed by atoms with Crippen molar-refractivity contribution in [1.82, 2.24) is 9.97 Å². The first kappa shape index (κ1) is 12.9. The fraction of sp³-hybridized carbons (Fsp3) is 0. The van der Waals surface area contributed by atoms with Crippen LogP contribution in [0.5, 0.6) is 0 Å². The fourth-order valence-electron chi connectivity index (χ4n) is 2.09. The molecule has 5 heteroatoms. The number of ketones is 1. The molecule has 0 bridgehead atoms. The first-order chi connectivity index (χ1) is 10.2. The van der Waals surface area contributed by atoms with Gasteiger partial charge in [-0.3, -0.25) is 9.59 Å². The van der Waals surface area contributed by atoms with Gasteiger partial charge in [0.05, 0.1) is 5.52 Å². The molecule has 2 aromatic carbocycles. The molecule has 0 unspecified atom stereocenters. The minimum absolute atomic E-state index is 0.159. The van der Waals surface area contributed by atoms with E-state index in [0.29, 0.717) is 16.5 Å². The number of hydrogen-bond acceptors (Lipinski definition) is 4. The maximum Gasteiger partial charge on any atom is 0.286 e. The number of nitrogens with zero attached hydrogens (tertiary/aromatic N) is 2. The van der Waals surface area contributed by atoms with Crippen LogP contribution in [-0.4, -0.2) is 21.7 Å². The quantitative estimate of drug-likeness (QED) is 0.741. The Kier molecular flexibility index (Phi) is 3.16.